The number of hydrogen-bond donors (Lipinski definition) is 1. The highest BCUT2D eigenvalue weighted by molar-refractivity contribution is 5.91. The van der Waals surface area contributed by atoms with Gasteiger partial charge in [-0.3, -0.25) is 4.79 Å². The molecule has 4 heterocycles. The van der Waals surface area contributed by atoms with Crippen molar-refractivity contribution in [3.63, 3.8) is 0 Å². The molecule has 168 valence electrons. The quantitative estimate of drug-likeness (QED) is 0.540. The first-order valence-corrected chi connectivity index (χ1v) is 11.0. The van der Waals surface area contributed by atoms with Gasteiger partial charge in [-0.1, -0.05) is 0 Å². The Morgan fingerprint density at radius 2 is 2.09 bits per heavy atom. The van der Waals surface area contributed by atoms with E-state index in [1.54, 1.807) is 13.3 Å². The average Bonchev–Trinajstić information content (AvgIpc) is 3.32. The molecule has 1 amide bonds. The first-order valence-electron chi connectivity index (χ1n) is 11.0. The molecule has 1 atom stereocenters. The number of nitrogens with zero attached hydrogens (tertiary/aromatic N) is 4. The van der Waals surface area contributed by atoms with Crippen LogP contribution in [0, 0.1) is 0 Å². The lowest BCUT2D eigenvalue weighted by Crippen LogP contribution is -2.10. The van der Waals surface area contributed by atoms with Gasteiger partial charge in [0.15, 0.2) is 5.82 Å². The van der Waals surface area contributed by atoms with Gasteiger partial charge in [0.25, 0.3) is 0 Å². The Hall–Kier alpha value is -3.04. The van der Waals surface area contributed by atoms with Crippen molar-refractivity contribution >= 4 is 22.6 Å². The molecule has 1 unspecified atom stereocenters. The summed E-state index contributed by atoms with van der Waals surface area (Å²) in [6, 6.07) is 5.74. The molecule has 0 radical (unpaired) electrons. The van der Waals surface area contributed by atoms with Crippen molar-refractivity contribution in [1.29, 1.82) is 0 Å². The van der Waals surface area contributed by atoms with E-state index in [1.165, 1.54) is 6.92 Å². The molecular weight excluding hydrogens is 410 g/mol. The van der Waals surface area contributed by atoms with Crippen molar-refractivity contribution in [3.05, 3.63) is 35.8 Å². The van der Waals surface area contributed by atoms with Crippen molar-refractivity contribution in [3.8, 4) is 11.6 Å². The number of carbonyl (C=O) groups is 1. The van der Waals surface area contributed by atoms with Crippen molar-refractivity contribution < 1.29 is 19.0 Å². The molecular formula is C23H27N5O4. The molecule has 9 nitrogen and oxygen atoms in total. The van der Waals surface area contributed by atoms with E-state index in [9.17, 15) is 4.79 Å². The number of carbonyl (C=O) groups excluding carboxylic acids is 1. The Kier molecular flexibility index (Phi) is 5.75. The number of ether oxygens (including phenoxy) is 3. The van der Waals surface area contributed by atoms with Crippen LogP contribution in [0.4, 0.5) is 5.82 Å². The van der Waals surface area contributed by atoms with Crippen molar-refractivity contribution in [2.24, 2.45) is 0 Å². The number of anilines is 1. The molecule has 3 aromatic heterocycles. The number of aromatic nitrogens is 4. The minimum Gasteiger partial charge on any atom is -0.491 e. The van der Waals surface area contributed by atoms with Crippen LogP contribution in [0.15, 0.2) is 24.4 Å². The molecule has 32 heavy (non-hydrogen) atoms. The fraction of sp³-hybridized carbons (Fsp3) is 0.478. The van der Waals surface area contributed by atoms with Gasteiger partial charge < -0.3 is 19.5 Å². The molecule has 9 heteroatoms. The number of fused-ring (bicyclic) bond motifs is 1. The van der Waals surface area contributed by atoms with Crippen LogP contribution < -0.4 is 10.1 Å². The van der Waals surface area contributed by atoms with Gasteiger partial charge in [-0.25, -0.2) is 14.6 Å². The predicted molar refractivity (Wildman–Crippen MR) is 118 cm³/mol. The van der Waals surface area contributed by atoms with Crippen LogP contribution in [0.3, 0.4) is 0 Å². The number of amides is 1. The maximum absolute atomic E-state index is 11.6. The summed E-state index contributed by atoms with van der Waals surface area (Å²) in [5, 5.41) is 8.69. The lowest BCUT2D eigenvalue weighted by atomic mass is 10.0. The first-order chi connectivity index (χ1) is 15.6. The number of nitrogens with one attached hydrogen (secondary N) is 1. The molecule has 1 saturated carbocycles. The Labute approximate surface area is 186 Å². The zero-order chi connectivity index (χ0) is 22.1. The molecule has 2 aliphatic rings. The fourth-order valence-corrected chi connectivity index (χ4v) is 4.04. The van der Waals surface area contributed by atoms with E-state index in [0.717, 1.165) is 53.9 Å². The lowest BCUT2D eigenvalue weighted by molar-refractivity contribution is -0.114. The lowest BCUT2D eigenvalue weighted by Gasteiger charge is -2.14. The summed E-state index contributed by atoms with van der Waals surface area (Å²) in [5.41, 5.74) is 2.82. The second kappa shape index (κ2) is 8.84. The van der Waals surface area contributed by atoms with Crippen LogP contribution in [0.2, 0.25) is 0 Å². The van der Waals surface area contributed by atoms with Gasteiger partial charge in [-0.05, 0) is 19.3 Å². The van der Waals surface area contributed by atoms with E-state index >= 15 is 0 Å². The minimum absolute atomic E-state index is 0.166. The summed E-state index contributed by atoms with van der Waals surface area (Å²) in [6.45, 7) is 3.81. The third-order valence-corrected chi connectivity index (χ3v) is 5.79. The Morgan fingerprint density at radius 1 is 1.22 bits per heavy atom. The summed E-state index contributed by atoms with van der Waals surface area (Å²) in [7, 11) is 1.65. The second-order valence-corrected chi connectivity index (χ2v) is 8.33. The van der Waals surface area contributed by atoms with Crippen molar-refractivity contribution in [1.82, 2.24) is 19.7 Å². The van der Waals surface area contributed by atoms with E-state index in [-0.39, 0.29) is 11.8 Å². The normalized spacial score (nSPS) is 18.2. The van der Waals surface area contributed by atoms with Gasteiger partial charge in [0.2, 0.25) is 5.91 Å². The number of hydrogen-bond acceptors (Lipinski definition) is 7. The minimum atomic E-state index is -0.166. The number of methoxy groups -OCH3 is 1. The fourth-order valence-electron chi connectivity index (χ4n) is 4.04. The van der Waals surface area contributed by atoms with E-state index in [2.05, 4.69) is 10.3 Å². The highest BCUT2D eigenvalue weighted by Gasteiger charge is 2.30. The van der Waals surface area contributed by atoms with Crippen LogP contribution in [0.1, 0.15) is 49.4 Å². The molecule has 1 aliphatic carbocycles. The van der Waals surface area contributed by atoms with Crippen LogP contribution in [0.5, 0.6) is 5.75 Å². The topological polar surface area (TPSA) is 100 Å². The van der Waals surface area contributed by atoms with Crippen molar-refractivity contribution in [2.45, 2.75) is 38.0 Å². The molecule has 1 saturated heterocycles. The summed E-state index contributed by atoms with van der Waals surface area (Å²) in [5.74, 6) is 2.39. The zero-order valence-corrected chi connectivity index (χ0v) is 18.3. The van der Waals surface area contributed by atoms with Crippen molar-refractivity contribution in [2.75, 3.05) is 38.9 Å². The standard InChI is InChI=1S/C23H27N5O4/c1-14(29)25-21-11-20-18(12-24-21)23(15-3-4-15)27-28(20)22-10-17(32-8-7-30-2)9-19(26-22)16-5-6-31-13-16/h9-12,15-16H,3-8,13H2,1-2H3,(H,24,25,29). The smallest absolute Gasteiger partial charge is 0.222 e. The molecule has 0 spiro atoms. The van der Waals surface area contributed by atoms with E-state index in [1.807, 2.05) is 22.9 Å². The first kappa shape index (κ1) is 20.8. The molecule has 1 aliphatic heterocycles. The van der Waals surface area contributed by atoms with Gasteiger partial charge in [0.1, 0.15) is 18.2 Å². The summed E-state index contributed by atoms with van der Waals surface area (Å²) in [4.78, 5) is 20.9. The summed E-state index contributed by atoms with van der Waals surface area (Å²) in [6.07, 6.45) is 4.97. The second-order valence-electron chi connectivity index (χ2n) is 8.33. The molecule has 1 N–H and O–H groups in total. The number of rotatable bonds is 8. The van der Waals surface area contributed by atoms with E-state index in [0.29, 0.717) is 37.4 Å². The third kappa shape index (κ3) is 4.31. The van der Waals surface area contributed by atoms with Crippen LogP contribution in [-0.4, -0.2) is 59.2 Å². The van der Waals surface area contributed by atoms with Gasteiger partial charge in [-0.2, -0.15) is 5.10 Å². The van der Waals surface area contributed by atoms with E-state index < -0.39 is 0 Å². The van der Waals surface area contributed by atoms with Crippen LogP contribution >= 0.6 is 0 Å². The Morgan fingerprint density at radius 3 is 2.81 bits per heavy atom. The zero-order valence-electron chi connectivity index (χ0n) is 18.3. The SMILES string of the molecule is COCCOc1cc(C2CCOC2)nc(-n2nc(C3CC3)c3cnc(NC(C)=O)cc32)c1. The Bertz CT molecular complexity index is 1130. The van der Waals surface area contributed by atoms with Gasteiger partial charge >= 0.3 is 0 Å². The summed E-state index contributed by atoms with van der Waals surface area (Å²) >= 11 is 0. The average molecular weight is 438 g/mol. The highest BCUT2D eigenvalue weighted by Crippen LogP contribution is 2.43. The summed E-state index contributed by atoms with van der Waals surface area (Å²) < 4.78 is 18.5. The predicted octanol–water partition coefficient (Wildman–Crippen LogP) is 3.18. The Balaban J connectivity index is 1.61. The molecule has 2 fully saturated rings. The van der Waals surface area contributed by atoms with Gasteiger partial charge in [0, 0.05) is 62.3 Å². The monoisotopic (exact) mass is 437 g/mol. The molecule has 0 aromatic carbocycles. The van der Waals surface area contributed by atoms with E-state index in [4.69, 9.17) is 24.3 Å². The van der Waals surface area contributed by atoms with Crippen LogP contribution in [0.25, 0.3) is 16.7 Å². The van der Waals surface area contributed by atoms with Gasteiger partial charge in [0.05, 0.1) is 30.1 Å². The molecule has 3 aromatic rings. The van der Waals surface area contributed by atoms with Gasteiger partial charge in [-0.15, -0.1) is 0 Å². The molecule has 5 rings (SSSR count). The van der Waals surface area contributed by atoms with Crippen LogP contribution in [-0.2, 0) is 14.3 Å². The maximum Gasteiger partial charge on any atom is 0.222 e. The highest BCUT2D eigenvalue weighted by atomic mass is 16.5. The number of pyridine rings is 2. The molecule has 0 bridgehead atoms. The maximum atomic E-state index is 11.6. The largest absolute Gasteiger partial charge is 0.491 e. The third-order valence-electron chi connectivity index (χ3n) is 5.79.